The second kappa shape index (κ2) is 10.4. The van der Waals surface area contributed by atoms with Gasteiger partial charge in [0, 0.05) is 34.7 Å². The van der Waals surface area contributed by atoms with Crippen LogP contribution in [0.3, 0.4) is 0 Å². The highest BCUT2D eigenvalue weighted by Crippen LogP contribution is 2.41. The Balaban J connectivity index is 2.08. The number of allylic oxidation sites excluding steroid dienone is 1. The second-order valence-electron chi connectivity index (χ2n) is 8.26. The summed E-state index contributed by atoms with van der Waals surface area (Å²) in [6.45, 7) is 13.8. The van der Waals surface area contributed by atoms with E-state index >= 15 is 0 Å². The molecule has 3 aromatic rings. The highest BCUT2D eigenvalue weighted by Gasteiger charge is 2.19. The Kier molecular flexibility index (Phi) is 7.62. The van der Waals surface area contributed by atoms with Gasteiger partial charge in [-0.25, -0.2) is 0 Å². The summed E-state index contributed by atoms with van der Waals surface area (Å²) in [6.07, 6.45) is 3.42. The average molecular weight is 436 g/mol. The van der Waals surface area contributed by atoms with Crippen LogP contribution in [0.1, 0.15) is 45.7 Å². The summed E-state index contributed by atoms with van der Waals surface area (Å²) in [7, 11) is 0. The molecule has 0 radical (unpaired) electrons. The topological polar surface area (TPSA) is 60.7 Å². The van der Waals surface area contributed by atoms with Gasteiger partial charge in [0.05, 0.1) is 19.5 Å². The number of ether oxygens (including phenoxy) is 2. The number of carbonyl (C=O) groups excluding carboxylic acids is 1. The maximum atomic E-state index is 12.4. The molecule has 0 spiro atoms. The molecular formula is C27H33NO4. The summed E-state index contributed by atoms with van der Waals surface area (Å²) in [5.41, 5.74) is 5.49. The molecule has 0 saturated carbocycles. The summed E-state index contributed by atoms with van der Waals surface area (Å²) in [5.74, 6) is 1.88. The fraction of sp³-hybridized carbons (Fsp3) is 0.370. The molecular weight excluding hydrogens is 402 g/mol. The van der Waals surface area contributed by atoms with E-state index in [4.69, 9.17) is 13.9 Å². The third kappa shape index (κ3) is 5.16. The molecule has 0 aliphatic carbocycles. The Morgan fingerprint density at radius 3 is 2.44 bits per heavy atom. The van der Waals surface area contributed by atoms with Crippen molar-refractivity contribution in [2.75, 3.05) is 19.8 Å². The molecule has 32 heavy (non-hydrogen) atoms. The molecule has 0 saturated heterocycles. The van der Waals surface area contributed by atoms with Crippen molar-refractivity contribution in [3.8, 4) is 22.6 Å². The lowest BCUT2D eigenvalue weighted by Crippen LogP contribution is -2.25. The molecule has 1 amide bonds. The fourth-order valence-electron chi connectivity index (χ4n) is 3.69. The SMILES string of the molecule is CCOc1ccc(-c2coc3c(C)c(OCC)c(/C(C)=C/C(=O)NCC(C)C)cc23)cc1. The van der Waals surface area contributed by atoms with Crippen LogP contribution in [0.15, 0.2) is 47.1 Å². The summed E-state index contributed by atoms with van der Waals surface area (Å²) in [6, 6.07) is 10.0. The van der Waals surface area contributed by atoms with E-state index in [-0.39, 0.29) is 5.91 Å². The van der Waals surface area contributed by atoms with Gasteiger partial charge in [-0.05, 0) is 62.9 Å². The smallest absolute Gasteiger partial charge is 0.244 e. The van der Waals surface area contributed by atoms with Crippen LogP contribution in [0, 0.1) is 12.8 Å². The molecule has 0 unspecified atom stereocenters. The number of furan rings is 1. The highest BCUT2D eigenvalue weighted by molar-refractivity contribution is 6.01. The molecule has 0 aliphatic heterocycles. The van der Waals surface area contributed by atoms with Crippen LogP contribution in [0.2, 0.25) is 0 Å². The minimum absolute atomic E-state index is 0.102. The first-order valence-corrected chi connectivity index (χ1v) is 11.2. The lowest BCUT2D eigenvalue weighted by molar-refractivity contribution is -0.116. The van der Waals surface area contributed by atoms with Gasteiger partial charge in [-0.2, -0.15) is 0 Å². The number of fused-ring (bicyclic) bond motifs is 1. The number of benzene rings is 2. The van der Waals surface area contributed by atoms with Crippen molar-refractivity contribution in [2.24, 2.45) is 5.92 Å². The summed E-state index contributed by atoms with van der Waals surface area (Å²) in [5, 5.41) is 3.93. The van der Waals surface area contributed by atoms with Gasteiger partial charge >= 0.3 is 0 Å². The van der Waals surface area contributed by atoms with Crippen molar-refractivity contribution in [1.29, 1.82) is 0 Å². The zero-order chi connectivity index (χ0) is 23.3. The molecule has 0 atom stereocenters. The van der Waals surface area contributed by atoms with Crippen LogP contribution in [0.4, 0.5) is 0 Å². The number of rotatable bonds is 9. The van der Waals surface area contributed by atoms with Crippen LogP contribution in [-0.2, 0) is 4.79 Å². The van der Waals surface area contributed by atoms with Crippen LogP contribution >= 0.6 is 0 Å². The van der Waals surface area contributed by atoms with Crippen molar-refractivity contribution < 1.29 is 18.7 Å². The quantitative estimate of drug-likeness (QED) is 0.396. The Bertz CT molecular complexity index is 1110. The molecule has 3 rings (SSSR count). The maximum Gasteiger partial charge on any atom is 0.244 e. The van der Waals surface area contributed by atoms with Gasteiger partial charge in [-0.15, -0.1) is 0 Å². The summed E-state index contributed by atoms with van der Waals surface area (Å²) >= 11 is 0. The van der Waals surface area contributed by atoms with Crippen LogP contribution in [0.5, 0.6) is 11.5 Å². The molecule has 170 valence electrons. The van der Waals surface area contributed by atoms with E-state index in [1.807, 2.05) is 52.0 Å². The number of hydrogen-bond acceptors (Lipinski definition) is 4. The van der Waals surface area contributed by atoms with Gasteiger partial charge in [0.25, 0.3) is 0 Å². The predicted octanol–water partition coefficient (Wildman–Crippen LogP) is 6.38. The summed E-state index contributed by atoms with van der Waals surface area (Å²) < 4.78 is 17.5. The molecule has 1 aromatic heterocycles. The minimum Gasteiger partial charge on any atom is -0.494 e. The maximum absolute atomic E-state index is 12.4. The predicted molar refractivity (Wildman–Crippen MR) is 130 cm³/mol. The second-order valence-corrected chi connectivity index (χ2v) is 8.26. The number of hydrogen-bond donors (Lipinski definition) is 1. The zero-order valence-corrected chi connectivity index (χ0v) is 19.9. The van der Waals surface area contributed by atoms with E-state index in [9.17, 15) is 4.79 Å². The third-order valence-corrected chi connectivity index (χ3v) is 5.27. The molecule has 2 aromatic carbocycles. The van der Waals surface area contributed by atoms with Gasteiger partial charge < -0.3 is 19.2 Å². The van der Waals surface area contributed by atoms with Gasteiger partial charge in [0.15, 0.2) is 0 Å². The number of carbonyl (C=O) groups is 1. The first kappa shape index (κ1) is 23.5. The van der Waals surface area contributed by atoms with E-state index in [0.717, 1.165) is 50.3 Å². The molecule has 1 N–H and O–H groups in total. The summed E-state index contributed by atoms with van der Waals surface area (Å²) in [4.78, 5) is 12.4. The molecule has 0 bridgehead atoms. The van der Waals surface area contributed by atoms with Gasteiger partial charge in [-0.3, -0.25) is 4.79 Å². The number of nitrogens with one attached hydrogen (secondary N) is 1. The average Bonchev–Trinajstić information content (AvgIpc) is 3.19. The van der Waals surface area contributed by atoms with E-state index in [1.54, 1.807) is 12.3 Å². The molecule has 0 aliphatic rings. The Morgan fingerprint density at radius 2 is 1.81 bits per heavy atom. The lowest BCUT2D eigenvalue weighted by atomic mass is 9.96. The van der Waals surface area contributed by atoms with Crippen LogP contribution in [0.25, 0.3) is 27.7 Å². The standard InChI is InChI=1S/C27H33NO4/c1-7-30-21-11-9-20(10-12-21)24-16-32-27-19(6)26(31-8-2)22(14-23(24)27)18(5)13-25(29)28-15-17(3)4/h9-14,16-17H,7-8,15H2,1-6H3,(H,28,29)/b18-13+. The van der Waals surface area contributed by atoms with Crippen molar-refractivity contribution in [2.45, 2.75) is 41.5 Å². The number of aryl methyl sites for hydroxylation is 1. The van der Waals surface area contributed by atoms with E-state index in [0.29, 0.717) is 25.7 Å². The van der Waals surface area contributed by atoms with Crippen molar-refractivity contribution in [3.63, 3.8) is 0 Å². The first-order chi connectivity index (χ1) is 15.3. The Labute approximate surface area is 190 Å². The normalized spacial score (nSPS) is 11.8. The number of amides is 1. The Hall–Kier alpha value is -3.21. The van der Waals surface area contributed by atoms with Gasteiger partial charge in [0.2, 0.25) is 5.91 Å². The largest absolute Gasteiger partial charge is 0.494 e. The third-order valence-electron chi connectivity index (χ3n) is 5.27. The monoisotopic (exact) mass is 435 g/mol. The van der Waals surface area contributed by atoms with Crippen LogP contribution < -0.4 is 14.8 Å². The van der Waals surface area contributed by atoms with Gasteiger partial charge in [-0.1, -0.05) is 26.0 Å². The van der Waals surface area contributed by atoms with Gasteiger partial charge in [0.1, 0.15) is 17.1 Å². The van der Waals surface area contributed by atoms with Crippen LogP contribution in [-0.4, -0.2) is 25.7 Å². The first-order valence-electron chi connectivity index (χ1n) is 11.2. The lowest BCUT2D eigenvalue weighted by Gasteiger charge is -2.15. The van der Waals surface area contributed by atoms with E-state index < -0.39 is 0 Å². The highest BCUT2D eigenvalue weighted by atomic mass is 16.5. The van der Waals surface area contributed by atoms with Crippen molar-refractivity contribution >= 4 is 22.4 Å². The van der Waals surface area contributed by atoms with Crippen molar-refractivity contribution in [3.05, 3.63) is 53.8 Å². The fourth-order valence-corrected chi connectivity index (χ4v) is 3.69. The van der Waals surface area contributed by atoms with E-state index in [1.165, 1.54) is 0 Å². The van der Waals surface area contributed by atoms with Crippen molar-refractivity contribution in [1.82, 2.24) is 5.32 Å². The molecule has 5 nitrogen and oxygen atoms in total. The molecule has 0 fully saturated rings. The minimum atomic E-state index is -0.102. The Morgan fingerprint density at radius 1 is 1.12 bits per heavy atom. The molecule has 5 heteroatoms. The van der Waals surface area contributed by atoms with E-state index in [2.05, 4.69) is 25.2 Å². The molecule has 1 heterocycles. The zero-order valence-electron chi connectivity index (χ0n) is 19.9.